The van der Waals surface area contributed by atoms with Gasteiger partial charge in [0.15, 0.2) is 0 Å². The second-order valence-electron chi connectivity index (χ2n) is 12.8. The third kappa shape index (κ3) is 4.39. The van der Waals surface area contributed by atoms with E-state index >= 15 is 0 Å². The minimum Gasteiger partial charge on any atom is -0.359 e. The summed E-state index contributed by atoms with van der Waals surface area (Å²) in [5.41, 5.74) is -6.25. The highest BCUT2D eigenvalue weighted by Gasteiger charge is 2.87. The third-order valence-corrected chi connectivity index (χ3v) is 11.5. The maximum Gasteiger partial charge on any atom is 0.464 e. The Kier molecular flexibility index (Phi) is 7.89. The van der Waals surface area contributed by atoms with Crippen molar-refractivity contribution >= 4 is 10.2 Å². The van der Waals surface area contributed by atoms with E-state index in [9.17, 15) is 69.4 Å². The van der Waals surface area contributed by atoms with Crippen molar-refractivity contribution in [1.29, 1.82) is 0 Å². The van der Waals surface area contributed by atoms with E-state index in [-0.39, 0.29) is 30.6 Å². The highest BCUT2D eigenvalue weighted by atomic mass is 32.3. The van der Waals surface area contributed by atoms with Crippen LogP contribution in [0.3, 0.4) is 0 Å². The minimum atomic E-state index is -7.22. The lowest BCUT2D eigenvalue weighted by molar-refractivity contribution is -0.481. The Balaban J connectivity index is 0.000000181. The van der Waals surface area contributed by atoms with Crippen LogP contribution in [0.25, 0.3) is 0 Å². The maximum absolute atomic E-state index is 14.4. The van der Waals surface area contributed by atoms with Gasteiger partial charge < -0.3 is 9.47 Å². The molecule has 10 atom stereocenters. The fraction of sp³-hybridized carbons (Fsp3) is 0.846. The van der Waals surface area contributed by atoms with Crippen molar-refractivity contribution in [2.75, 3.05) is 13.9 Å². The number of hydrogen-bond donors (Lipinski definition) is 0. The zero-order chi connectivity index (χ0) is 34.9. The van der Waals surface area contributed by atoms with Crippen LogP contribution in [0.15, 0.2) is 24.3 Å². The zero-order valence-electron chi connectivity index (χ0n) is 23.5. The number of fused-ring (bicyclic) bond motifs is 10. The molecule has 0 saturated heterocycles. The highest BCUT2D eigenvalue weighted by Crippen LogP contribution is 2.75. The molecule has 0 heterocycles. The van der Waals surface area contributed by atoms with Crippen LogP contribution in [-0.4, -0.2) is 63.4 Å². The summed E-state index contributed by atoms with van der Waals surface area (Å²) in [4.78, 5) is 0. The van der Waals surface area contributed by atoms with Gasteiger partial charge in [-0.05, 0) is 54.8 Å². The Bertz CT molecular complexity index is 1380. The molecule has 4 saturated carbocycles. The second kappa shape index (κ2) is 10.2. The quantitative estimate of drug-likeness (QED) is 0.112. The maximum atomic E-state index is 14.4. The molecule has 0 aliphatic heterocycles. The molecule has 0 radical (unpaired) electrons. The van der Waals surface area contributed by atoms with Gasteiger partial charge in [0.1, 0.15) is 6.79 Å². The number of methoxy groups -OCH3 is 1. The highest BCUT2D eigenvalue weighted by molar-refractivity contribution is 7.87. The van der Waals surface area contributed by atoms with E-state index in [1.165, 1.54) is 12.2 Å². The summed E-state index contributed by atoms with van der Waals surface area (Å²) in [7, 11) is -6.22. The van der Waals surface area contributed by atoms with Gasteiger partial charge in [-0.15, -0.1) is 0 Å². The van der Waals surface area contributed by atoms with E-state index in [1.54, 1.807) is 6.08 Å². The first-order chi connectivity index (χ1) is 20.7. The predicted molar refractivity (Wildman–Crippen MR) is 126 cm³/mol. The molecule has 6 aliphatic carbocycles. The van der Waals surface area contributed by atoms with Crippen LogP contribution in [0.4, 0.5) is 61.0 Å². The zero-order valence-corrected chi connectivity index (χ0v) is 24.3. The number of allylic oxidation sites excluding steroid dienone is 4. The van der Waals surface area contributed by atoms with Gasteiger partial charge in [0.2, 0.25) is 0 Å². The van der Waals surface area contributed by atoms with Crippen molar-refractivity contribution in [3.63, 3.8) is 0 Å². The van der Waals surface area contributed by atoms with Gasteiger partial charge in [0.05, 0.1) is 0 Å². The fourth-order valence-electron chi connectivity index (χ4n) is 8.98. The number of rotatable bonds is 8. The minimum absolute atomic E-state index is 0.0172. The van der Waals surface area contributed by atoms with Crippen LogP contribution in [0.1, 0.15) is 26.2 Å². The molecule has 10 unspecified atom stereocenters. The summed E-state index contributed by atoms with van der Waals surface area (Å²) >= 11 is 0. The van der Waals surface area contributed by atoms with E-state index in [0.29, 0.717) is 6.42 Å². The van der Waals surface area contributed by atoms with Crippen LogP contribution in [0.5, 0.6) is 0 Å². The molecule has 0 spiro atoms. The Morgan fingerprint density at radius 3 is 1.67 bits per heavy atom. The predicted octanol–water partition coefficient (Wildman–Crippen LogP) is 7.56. The van der Waals surface area contributed by atoms with Gasteiger partial charge in [-0.3, -0.25) is 4.74 Å². The van der Waals surface area contributed by atoms with Crippen LogP contribution >= 0.6 is 0 Å². The summed E-state index contributed by atoms with van der Waals surface area (Å²) < 4.78 is 221. The smallest absolute Gasteiger partial charge is 0.359 e. The normalized spacial score (nSPS) is 40.6. The van der Waals surface area contributed by atoms with Crippen molar-refractivity contribution in [3.8, 4) is 0 Å². The Morgan fingerprint density at radius 2 is 1.22 bits per heavy atom. The largest absolute Gasteiger partial charge is 0.464 e. The average Bonchev–Trinajstić information content (AvgIpc) is 3.66. The first-order valence-electron chi connectivity index (χ1n) is 13.8. The molecule has 6 aliphatic rings. The Hall–Kier alpha value is -1.67. The molecule has 0 aromatic heterocycles. The summed E-state index contributed by atoms with van der Waals surface area (Å²) in [5, 5.41) is -6.51. The molecule has 6 rings (SSSR count). The molecule has 20 heteroatoms. The lowest BCUT2D eigenvalue weighted by Gasteiger charge is -2.62. The average molecular weight is 717 g/mol. The van der Waals surface area contributed by atoms with Crippen LogP contribution in [0.2, 0.25) is 0 Å². The molecular weight excluding hydrogens is 690 g/mol. The summed E-state index contributed by atoms with van der Waals surface area (Å²) in [6, 6.07) is 0. The van der Waals surface area contributed by atoms with Gasteiger partial charge in [-0.25, -0.2) is 4.39 Å². The standard InChI is InChI=1S/C15H18F6O2.C11H8F8O3S/c1-12(6-10-8-3-4-9(5-8)11(10)12)13(14(16,17)18,15(19,20)21)23-7-22-2;12-8(13)6-4-1-2-5(3-4)7(6)9(8,14)22-10(15,16)11(17,18)23(19,20)21/h3-4,8-11H,5-7H2,1-2H3;1-2,4-7H,3H2. The van der Waals surface area contributed by atoms with Gasteiger partial charge in [0, 0.05) is 24.4 Å². The van der Waals surface area contributed by atoms with E-state index in [0.717, 1.165) is 14.0 Å². The van der Waals surface area contributed by atoms with Crippen molar-refractivity contribution < 1.29 is 83.6 Å². The molecule has 0 amide bonds. The van der Waals surface area contributed by atoms with Crippen LogP contribution < -0.4 is 0 Å². The van der Waals surface area contributed by atoms with Crippen molar-refractivity contribution in [2.24, 2.45) is 52.8 Å². The fourth-order valence-corrected chi connectivity index (χ4v) is 9.30. The van der Waals surface area contributed by atoms with E-state index < -0.39 is 93.1 Å². The summed E-state index contributed by atoms with van der Waals surface area (Å²) in [5.74, 6) is -15.3. The lowest BCUT2D eigenvalue weighted by atomic mass is 9.45. The lowest BCUT2D eigenvalue weighted by Crippen LogP contribution is -2.74. The Morgan fingerprint density at radius 1 is 0.761 bits per heavy atom. The topological polar surface area (TPSA) is 61.8 Å². The van der Waals surface area contributed by atoms with Gasteiger partial charge in [-0.2, -0.15) is 61.1 Å². The summed E-state index contributed by atoms with van der Waals surface area (Å²) in [6.45, 7) is 0.00920. The summed E-state index contributed by atoms with van der Waals surface area (Å²) in [6.07, 6.45) is -10.6. The molecule has 4 bridgehead atoms. The molecule has 0 N–H and O–H groups in total. The number of hydrogen-bond acceptors (Lipinski definition) is 5. The Labute approximate surface area is 252 Å². The SMILES string of the molecule is COCOC(C(F)(F)F)(C(F)(F)F)C1(C)CC2C3C=CC(C3)C21.O=S(=O)(F)C(F)(F)C(F)(F)OC1(F)C2C3C=CC(C3)C2C1(F)F. The van der Waals surface area contributed by atoms with Gasteiger partial charge in [0.25, 0.3) is 11.5 Å². The van der Waals surface area contributed by atoms with E-state index in [1.807, 2.05) is 6.08 Å². The van der Waals surface area contributed by atoms with Gasteiger partial charge in [-0.1, -0.05) is 35.1 Å². The van der Waals surface area contributed by atoms with Crippen molar-refractivity contribution in [1.82, 2.24) is 0 Å². The van der Waals surface area contributed by atoms with E-state index in [4.69, 9.17) is 0 Å². The number of ether oxygens (including phenoxy) is 3. The molecule has 0 aromatic carbocycles. The molecular formula is C26H26F14O5S. The second-order valence-corrected chi connectivity index (χ2v) is 14.2. The van der Waals surface area contributed by atoms with Crippen LogP contribution in [0, 0.1) is 52.8 Å². The molecule has 264 valence electrons. The van der Waals surface area contributed by atoms with Crippen LogP contribution in [-0.2, 0) is 24.4 Å². The molecule has 0 aromatic rings. The number of alkyl halides is 13. The van der Waals surface area contributed by atoms with E-state index in [2.05, 4.69) is 14.2 Å². The molecule has 5 nitrogen and oxygen atoms in total. The first-order valence-corrected chi connectivity index (χ1v) is 15.1. The molecule has 46 heavy (non-hydrogen) atoms. The third-order valence-electron chi connectivity index (χ3n) is 10.7. The van der Waals surface area contributed by atoms with Gasteiger partial charge >= 0.3 is 39.9 Å². The molecule has 4 fully saturated rings. The monoisotopic (exact) mass is 716 g/mol. The number of halogens is 14. The van der Waals surface area contributed by atoms with Crippen molar-refractivity contribution in [3.05, 3.63) is 24.3 Å². The first kappa shape index (κ1) is 35.6. The van der Waals surface area contributed by atoms with Crippen molar-refractivity contribution in [2.45, 2.75) is 67.3 Å².